The Labute approximate surface area is 117 Å². The van der Waals surface area contributed by atoms with Crippen molar-refractivity contribution in [3.05, 3.63) is 35.6 Å². The Hall–Kier alpha value is -2.35. The van der Waals surface area contributed by atoms with Crippen molar-refractivity contribution in [1.29, 1.82) is 0 Å². The highest BCUT2D eigenvalue weighted by molar-refractivity contribution is 5.94. The molecule has 0 spiro atoms. The average molecular weight is 274 g/mol. The second kappa shape index (κ2) is 6.20. The normalized spacial score (nSPS) is 17.6. The van der Waals surface area contributed by atoms with Gasteiger partial charge < -0.3 is 10.2 Å². The highest BCUT2D eigenvalue weighted by Crippen LogP contribution is 2.15. The number of nitrogens with one attached hydrogen (secondary N) is 1. The Balaban J connectivity index is 1.95. The van der Waals surface area contributed by atoms with Gasteiger partial charge >= 0.3 is 0 Å². The van der Waals surface area contributed by atoms with E-state index < -0.39 is 0 Å². The van der Waals surface area contributed by atoms with E-state index in [0.29, 0.717) is 13.1 Å². The maximum Gasteiger partial charge on any atom is 0.296 e. The Morgan fingerprint density at radius 2 is 2.35 bits per heavy atom. The van der Waals surface area contributed by atoms with E-state index in [9.17, 15) is 14.0 Å². The van der Waals surface area contributed by atoms with Crippen LogP contribution >= 0.6 is 0 Å². The van der Waals surface area contributed by atoms with Gasteiger partial charge in [-0.25, -0.2) is 4.39 Å². The lowest BCUT2D eigenvalue weighted by molar-refractivity contribution is -0.128. The Bertz CT molecular complexity index is 589. The number of amides is 2. The molecule has 4 nitrogen and oxygen atoms in total. The van der Waals surface area contributed by atoms with E-state index in [4.69, 9.17) is 0 Å². The first-order chi connectivity index (χ1) is 9.58. The standard InChI is InChI=1S/C15H15FN2O2/c1-2-4-14(19)17-13-8-15(20)18(10-13)9-11-5-3-6-12(16)7-11/h3,5-7,13H,8-10H2,1H3,(H,17,19)/t13-/m0/s1. The van der Waals surface area contributed by atoms with Crippen LogP contribution in [0, 0.1) is 17.7 Å². The predicted molar refractivity (Wildman–Crippen MR) is 71.8 cm³/mol. The fourth-order valence-corrected chi connectivity index (χ4v) is 2.21. The number of benzene rings is 1. The topological polar surface area (TPSA) is 49.4 Å². The van der Waals surface area contributed by atoms with Crippen LogP contribution in [0.2, 0.25) is 0 Å². The van der Waals surface area contributed by atoms with Crippen LogP contribution in [0.15, 0.2) is 24.3 Å². The molecular weight excluding hydrogens is 259 g/mol. The lowest BCUT2D eigenvalue weighted by atomic mass is 10.2. The molecule has 1 aromatic carbocycles. The van der Waals surface area contributed by atoms with E-state index in [1.807, 2.05) is 0 Å². The van der Waals surface area contributed by atoms with E-state index in [0.717, 1.165) is 5.56 Å². The molecule has 2 amide bonds. The highest BCUT2D eigenvalue weighted by atomic mass is 19.1. The molecule has 0 aliphatic carbocycles. The minimum Gasteiger partial charge on any atom is -0.340 e. The molecule has 1 aliphatic heterocycles. The summed E-state index contributed by atoms with van der Waals surface area (Å²) in [6.45, 7) is 2.35. The fraction of sp³-hybridized carbons (Fsp3) is 0.333. The van der Waals surface area contributed by atoms with Crippen molar-refractivity contribution in [2.75, 3.05) is 6.54 Å². The van der Waals surface area contributed by atoms with Gasteiger partial charge in [0.15, 0.2) is 0 Å². The zero-order valence-corrected chi connectivity index (χ0v) is 11.1. The molecule has 1 atom stereocenters. The molecule has 1 heterocycles. The van der Waals surface area contributed by atoms with Crippen molar-refractivity contribution in [2.24, 2.45) is 0 Å². The Morgan fingerprint density at radius 1 is 1.55 bits per heavy atom. The molecule has 0 radical (unpaired) electrons. The van der Waals surface area contributed by atoms with Gasteiger partial charge in [-0.05, 0) is 30.5 Å². The van der Waals surface area contributed by atoms with E-state index in [1.165, 1.54) is 12.1 Å². The zero-order valence-electron chi connectivity index (χ0n) is 11.1. The van der Waals surface area contributed by atoms with Crippen LogP contribution in [0.4, 0.5) is 4.39 Å². The molecule has 1 N–H and O–H groups in total. The molecule has 0 unspecified atom stereocenters. The van der Waals surface area contributed by atoms with Crippen LogP contribution in [0.1, 0.15) is 18.9 Å². The van der Waals surface area contributed by atoms with Crippen molar-refractivity contribution in [3.63, 3.8) is 0 Å². The van der Waals surface area contributed by atoms with Crippen molar-refractivity contribution < 1.29 is 14.0 Å². The van der Waals surface area contributed by atoms with E-state index in [2.05, 4.69) is 17.2 Å². The molecule has 0 bridgehead atoms. The number of hydrogen-bond donors (Lipinski definition) is 1. The first kappa shape index (κ1) is 14.1. The van der Waals surface area contributed by atoms with Crippen molar-refractivity contribution in [2.45, 2.75) is 25.9 Å². The SMILES string of the molecule is CC#CC(=O)N[C@H]1CC(=O)N(Cc2cccc(F)c2)C1. The summed E-state index contributed by atoms with van der Waals surface area (Å²) >= 11 is 0. The smallest absolute Gasteiger partial charge is 0.296 e. The van der Waals surface area contributed by atoms with Crippen molar-refractivity contribution in [3.8, 4) is 11.8 Å². The molecule has 0 aromatic heterocycles. The van der Waals surface area contributed by atoms with Gasteiger partial charge in [0.05, 0.1) is 6.04 Å². The first-order valence-corrected chi connectivity index (χ1v) is 6.34. The summed E-state index contributed by atoms with van der Waals surface area (Å²) in [5.41, 5.74) is 0.735. The molecule has 104 valence electrons. The molecule has 20 heavy (non-hydrogen) atoms. The van der Waals surface area contributed by atoms with E-state index in [-0.39, 0.29) is 30.1 Å². The third-order valence-electron chi connectivity index (χ3n) is 3.05. The molecule has 2 rings (SSSR count). The monoisotopic (exact) mass is 274 g/mol. The summed E-state index contributed by atoms with van der Waals surface area (Å²) in [6.07, 6.45) is 0.256. The lowest BCUT2D eigenvalue weighted by Crippen LogP contribution is -2.36. The van der Waals surface area contributed by atoms with Gasteiger partial charge in [0.25, 0.3) is 5.91 Å². The van der Waals surface area contributed by atoms with Crippen LogP contribution < -0.4 is 5.32 Å². The van der Waals surface area contributed by atoms with Crippen molar-refractivity contribution in [1.82, 2.24) is 10.2 Å². The molecule has 1 saturated heterocycles. The summed E-state index contributed by atoms with van der Waals surface area (Å²) < 4.78 is 13.1. The minimum absolute atomic E-state index is 0.0518. The third-order valence-corrected chi connectivity index (χ3v) is 3.05. The van der Waals surface area contributed by atoms with Crippen LogP contribution in [0.3, 0.4) is 0 Å². The van der Waals surface area contributed by atoms with Gasteiger partial charge in [-0.1, -0.05) is 18.1 Å². The largest absolute Gasteiger partial charge is 0.340 e. The number of likely N-dealkylation sites (tertiary alicyclic amines) is 1. The van der Waals surface area contributed by atoms with Crippen LogP contribution in [0.5, 0.6) is 0 Å². The molecule has 1 fully saturated rings. The van der Waals surface area contributed by atoms with Crippen molar-refractivity contribution >= 4 is 11.8 Å². The van der Waals surface area contributed by atoms with E-state index >= 15 is 0 Å². The second-order valence-corrected chi connectivity index (χ2v) is 4.65. The van der Waals surface area contributed by atoms with Crippen LogP contribution in [-0.2, 0) is 16.1 Å². The fourth-order valence-electron chi connectivity index (χ4n) is 2.21. The van der Waals surface area contributed by atoms with Gasteiger partial charge in [-0.2, -0.15) is 0 Å². The molecular formula is C15H15FN2O2. The maximum absolute atomic E-state index is 13.1. The Kier molecular flexibility index (Phi) is 4.36. The number of carbonyl (C=O) groups excluding carboxylic acids is 2. The molecule has 5 heteroatoms. The maximum atomic E-state index is 13.1. The number of hydrogen-bond acceptors (Lipinski definition) is 2. The highest BCUT2D eigenvalue weighted by Gasteiger charge is 2.30. The van der Waals surface area contributed by atoms with Crippen LogP contribution in [-0.4, -0.2) is 29.3 Å². The second-order valence-electron chi connectivity index (χ2n) is 4.65. The predicted octanol–water partition coefficient (Wildman–Crippen LogP) is 1.07. The summed E-state index contributed by atoms with van der Waals surface area (Å²) in [7, 11) is 0. The average Bonchev–Trinajstić information content (AvgIpc) is 2.69. The van der Waals surface area contributed by atoms with Gasteiger partial charge in [-0.3, -0.25) is 9.59 Å². The first-order valence-electron chi connectivity index (χ1n) is 6.34. The van der Waals surface area contributed by atoms with Gasteiger partial charge in [0, 0.05) is 19.5 Å². The van der Waals surface area contributed by atoms with Gasteiger partial charge in [0.1, 0.15) is 5.82 Å². The quantitative estimate of drug-likeness (QED) is 0.838. The molecule has 1 aromatic rings. The summed E-state index contributed by atoms with van der Waals surface area (Å²) in [5.74, 6) is 4.14. The summed E-state index contributed by atoms with van der Waals surface area (Å²) in [5, 5.41) is 2.69. The summed E-state index contributed by atoms with van der Waals surface area (Å²) in [4.78, 5) is 24.8. The third kappa shape index (κ3) is 3.58. The minimum atomic E-state index is -0.377. The summed E-state index contributed by atoms with van der Waals surface area (Å²) in [6, 6.07) is 5.92. The Morgan fingerprint density at radius 3 is 3.05 bits per heavy atom. The zero-order chi connectivity index (χ0) is 14.5. The number of halogens is 1. The van der Waals surface area contributed by atoms with E-state index in [1.54, 1.807) is 24.0 Å². The number of nitrogens with zero attached hydrogens (tertiary/aromatic N) is 1. The number of carbonyl (C=O) groups is 2. The number of rotatable bonds is 3. The van der Waals surface area contributed by atoms with Crippen LogP contribution in [0.25, 0.3) is 0 Å². The van der Waals surface area contributed by atoms with Gasteiger partial charge in [0.2, 0.25) is 5.91 Å². The van der Waals surface area contributed by atoms with Gasteiger partial charge in [-0.15, -0.1) is 0 Å². The molecule has 1 aliphatic rings. The lowest BCUT2D eigenvalue weighted by Gasteiger charge is -2.16. The molecule has 0 saturated carbocycles.